The van der Waals surface area contributed by atoms with Crippen LogP contribution in [0.4, 0.5) is 23.1 Å². The molecule has 2 heterocycles. The summed E-state index contributed by atoms with van der Waals surface area (Å²) in [5.74, 6) is 2.65. The third kappa shape index (κ3) is 5.43. The number of nitrogens with one attached hydrogen (secondary N) is 2. The summed E-state index contributed by atoms with van der Waals surface area (Å²) < 4.78 is 8.18. The first kappa shape index (κ1) is 22.1. The van der Waals surface area contributed by atoms with E-state index in [4.69, 9.17) is 16.3 Å². The molecular formula is C26H26ClN6O+. The van der Waals surface area contributed by atoms with Crippen LogP contribution < -0.4 is 15.4 Å². The maximum absolute atomic E-state index is 6.11. The summed E-state index contributed by atoms with van der Waals surface area (Å²) in [5, 5.41) is 8.16. The number of nitrogens with zero attached hydrogens (tertiary/aromatic N) is 4. The summed E-state index contributed by atoms with van der Waals surface area (Å²) in [6, 6.07) is 17.3. The second-order valence-electron chi connectivity index (χ2n) is 8.68. The van der Waals surface area contributed by atoms with Crippen LogP contribution in [0.25, 0.3) is 10.9 Å². The molecule has 7 nitrogen and oxygen atoms in total. The highest BCUT2D eigenvalue weighted by Gasteiger charge is 2.31. The summed E-state index contributed by atoms with van der Waals surface area (Å²) in [6.45, 7) is 0. The Hall–Kier alpha value is -3.71. The SMILES string of the molecule is C[N+](C)=CC1CC(Oc2ccc(Nc3nccc(Nc4cnc5ccc(Cl)cc5c4)n3)cc2)C1. The predicted octanol–water partition coefficient (Wildman–Crippen LogP) is 5.67. The molecule has 8 heteroatoms. The molecule has 2 aromatic heterocycles. The van der Waals surface area contributed by atoms with Gasteiger partial charge in [0.25, 0.3) is 0 Å². The number of rotatable bonds is 7. The van der Waals surface area contributed by atoms with Gasteiger partial charge in [0.05, 0.1) is 17.4 Å². The third-order valence-electron chi connectivity index (χ3n) is 5.62. The first-order valence-electron chi connectivity index (χ1n) is 11.2. The Kier molecular flexibility index (Phi) is 6.27. The van der Waals surface area contributed by atoms with Crippen molar-refractivity contribution in [2.45, 2.75) is 18.9 Å². The Bertz CT molecular complexity index is 1330. The van der Waals surface area contributed by atoms with Gasteiger partial charge in [-0.1, -0.05) is 11.6 Å². The molecule has 1 aliphatic carbocycles. The van der Waals surface area contributed by atoms with Crippen molar-refractivity contribution in [1.29, 1.82) is 0 Å². The van der Waals surface area contributed by atoms with Crippen LogP contribution in [0.5, 0.6) is 5.75 Å². The molecule has 0 amide bonds. The molecule has 2 N–H and O–H groups in total. The molecule has 4 aromatic rings. The van der Waals surface area contributed by atoms with Gasteiger partial charge in [-0.05, 0) is 67.4 Å². The standard InChI is InChI=1S/C26H26ClN6O/c1-33(2)16-17-11-23(12-17)34-22-6-4-20(5-7-22)31-26-28-10-9-25(32-26)30-21-14-18-13-19(27)3-8-24(18)29-15-21/h3-10,13-17,23H,11-12H2,1-2H3,(H2,28,30,31,32)/q+1. The topological polar surface area (TPSA) is 75.0 Å². The molecule has 2 aromatic carbocycles. The Labute approximate surface area is 203 Å². The van der Waals surface area contributed by atoms with Crippen molar-refractivity contribution < 1.29 is 9.31 Å². The quantitative estimate of drug-likeness (QED) is 0.266. The van der Waals surface area contributed by atoms with E-state index in [1.807, 2.05) is 54.6 Å². The van der Waals surface area contributed by atoms with E-state index in [9.17, 15) is 0 Å². The lowest BCUT2D eigenvalue weighted by Crippen LogP contribution is -2.35. The highest BCUT2D eigenvalue weighted by molar-refractivity contribution is 6.31. The number of anilines is 4. The summed E-state index contributed by atoms with van der Waals surface area (Å²) in [6.07, 6.45) is 8.14. The highest BCUT2D eigenvalue weighted by Crippen LogP contribution is 2.31. The molecule has 0 bridgehead atoms. The molecule has 0 atom stereocenters. The zero-order valence-electron chi connectivity index (χ0n) is 19.1. The van der Waals surface area contributed by atoms with Gasteiger partial charge in [0.15, 0.2) is 0 Å². The van der Waals surface area contributed by atoms with E-state index in [1.165, 1.54) is 0 Å². The molecule has 0 saturated heterocycles. The van der Waals surface area contributed by atoms with E-state index in [0.717, 1.165) is 40.9 Å². The summed E-state index contributed by atoms with van der Waals surface area (Å²) in [4.78, 5) is 13.4. The molecule has 0 unspecified atom stereocenters. The van der Waals surface area contributed by atoms with Crippen molar-refractivity contribution in [3.63, 3.8) is 0 Å². The van der Waals surface area contributed by atoms with E-state index in [1.54, 1.807) is 12.4 Å². The molecule has 1 fully saturated rings. The zero-order valence-corrected chi connectivity index (χ0v) is 19.8. The van der Waals surface area contributed by atoms with Gasteiger partial charge >= 0.3 is 0 Å². The van der Waals surface area contributed by atoms with Gasteiger partial charge in [-0.2, -0.15) is 4.98 Å². The Morgan fingerprint density at radius 3 is 2.59 bits per heavy atom. The fraction of sp³-hybridized carbons (Fsp3) is 0.231. The van der Waals surface area contributed by atoms with Crippen molar-refractivity contribution in [3.8, 4) is 5.75 Å². The van der Waals surface area contributed by atoms with Crippen molar-refractivity contribution >= 4 is 51.9 Å². The monoisotopic (exact) mass is 473 g/mol. The molecule has 0 spiro atoms. The molecule has 34 heavy (non-hydrogen) atoms. The third-order valence-corrected chi connectivity index (χ3v) is 5.86. The number of hydrogen-bond acceptors (Lipinski definition) is 6. The zero-order chi connectivity index (χ0) is 23.5. The van der Waals surface area contributed by atoms with E-state index >= 15 is 0 Å². The normalized spacial score (nSPS) is 17.0. The number of pyridine rings is 1. The second-order valence-corrected chi connectivity index (χ2v) is 9.12. The van der Waals surface area contributed by atoms with Gasteiger partial charge in [-0.3, -0.25) is 4.98 Å². The smallest absolute Gasteiger partial charge is 0.229 e. The van der Waals surface area contributed by atoms with Crippen molar-refractivity contribution in [1.82, 2.24) is 15.0 Å². The minimum absolute atomic E-state index is 0.284. The van der Waals surface area contributed by atoms with Gasteiger partial charge in [0, 0.05) is 28.2 Å². The van der Waals surface area contributed by atoms with Crippen molar-refractivity contribution in [2.24, 2.45) is 5.92 Å². The maximum Gasteiger partial charge on any atom is 0.229 e. The average molecular weight is 474 g/mol. The van der Waals surface area contributed by atoms with E-state index in [0.29, 0.717) is 22.7 Å². The molecule has 1 aliphatic rings. The lowest BCUT2D eigenvalue weighted by atomic mass is 9.83. The van der Waals surface area contributed by atoms with Crippen LogP contribution in [-0.2, 0) is 0 Å². The van der Waals surface area contributed by atoms with Crippen LogP contribution in [0.15, 0.2) is 67.0 Å². The van der Waals surface area contributed by atoms with Crippen LogP contribution in [-0.4, -0.2) is 45.9 Å². The lowest BCUT2D eigenvalue weighted by Gasteiger charge is -2.31. The first-order valence-corrected chi connectivity index (χ1v) is 11.6. The fourth-order valence-corrected chi connectivity index (χ4v) is 4.17. The Morgan fingerprint density at radius 2 is 1.79 bits per heavy atom. The van der Waals surface area contributed by atoms with Gasteiger partial charge < -0.3 is 15.4 Å². The second kappa shape index (κ2) is 9.65. The largest absolute Gasteiger partial charge is 0.490 e. The minimum Gasteiger partial charge on any atom is -0.490 e. The van der Waals surface area contributed by atoms with E-state index < -0.39 is 0 Å². The summed E-state index contributed by atoms with van der Waals surface area (Å²) in [7, 11) is 4.12. The summed E-state index contributed by atoms with van der Waals surface area (Å²) in [5.41, 5.74) is 2.60. The molecule has 0 aliphatic heterocycles. The first-order chi connectivity index (χ1) is 16.5. The van der Waals surface area contributed by atoms with E-state index in [2.05, 4.69) is 50.5 Å². The van der Waals surface area contributed by atoms with Crippen LogP contribution in [0.3, 0.4) is 0 Å². The minimum atomic E-state index is 0.284. The maximum atomic E-state index is 6.11. The van der Waals surface area contributed by atoms with Crippen LogP contribution >= 0.6 is 11.6 Å². The fourth-order valence-electron chi connectivity index (χ4n) is 3.99. The van der Waals surface area contributed by atoms with Crippen LogP contribution in [0.1, 0.15) is 12.8 Å². The highest BCUT2D eigenvalue weighted by atomic mass is 35.5. The lowest BCUT2D eigenvalue weighted by molar-refractivity contribution is -0.462. The number of ether oxygens (including phenoxy) is 1. The van der Waals surface area contributed by atoms with Crippen LogP contribution in [0.2, 0.25) is 5.02 Å². The Morgan fingerprint density at radius 1 is 0.971 bits per heavy atom. The summed E-state index contributed by atoms with van der Waals surface area (Å²) >= 11 is 6.11. The number of halogens is 1. The number of aromatic nitrogens is 3. The number of fused-ring (bicyclic) bond motifs is 1. The molecular weight excluding hydrogens is 448 g/mol. The molecule has 5 rings (SSSR count). The van der Waals surface area contributed by atoms with Crippen molar-refractivity contribution in [2.75, 3.05) is 24.7 Å². The molecule has 1 saturated carbocycles. The number of benzene rings is 2. The Balaban J connectivity index is 1.20. The van der Waals surface area contributed by atoms with Crippen molar-refractivity contribution in [3.05, 3.63) is 72.0 Å². The number of hydrogen-bond donors (Lipinski definition) is 2. The van der Waals surface area contributed by atoms with Gasteiger partial charge in [0.2, 0.25) is 5.95 Å². The molecule has 172 valence electrons. The van der Waals surface area contributed by atoms with E-state index in [-0.39, 0.29) is 6.10 Å². The van der Waals surface area contributed by atoms with Gasteiger partial charge in [-0.15, -0.1) is 0 Å². The molecule has 0 radical (unpaired) electrons. The predicted molar refractivity (Wildman–Crippen MR) is 137 cm³/mol. The van der Waals surface area contributed by atoms with Gasteiger partial charge in [-0.25, -0.2) is 9.56 Å². The average Bonchev–Trinajstić information content (AvgIpc) is 2.78. The van der Waals surface area contributed by atoms with Crippen LogP contribution in [0, 0.1) is 5.92 Å². The van der Waals surface area contributed by atoms with Gasteiger partial charge in [0.1, 0.15) is 38.0 Å².